The number of nitrogens with one attached hydrogen (secondary N) is 1. The molecule has 154 valence electrons. The van der Waals surface area contributed by atoms with Gasteiger partial charge in [-0.3, -0.25) is 4.79 Å². The molecule has 0 saturated carbocycles. The normalized spacial score (nSPS) is 17.4. The number of ether oxygens (including phenoxy) is 2. The molecule has 0 unspecified atom stereocenters. The molecule has 2 saturated heterocycles. The van der Waals surface area contributed by atoms with Crippen LogP contribution >= 0.6 is 0 Å². The predicted octanol–water partition coefficient (Wildman–Crippen LogP) is 1.63. The molecule has 2 fully saturated rings. The highest BCUT2D eigenvalue weighted by Crippen LogP contribution is 2.26. The summed E-state index contributed by atoms with van der Waals surface area (Å²) in [5, 5.41) is 3.41. The molecule has 28 heavy (non-hydrogen) atoms. The van der Waals surface area contributed by atoms with Crippen LogP contribution in [0.3, 0.4) is 0 Å². The number of para-hydroxylation sites is 2. The number of carbonyl (C=O) groups excluding carboxylic acids is 2. The second-order valence-electron chi connectivity index (χ2n) is 6.86. The Morgan fingerprint density at radius 3 is 2.43 bits per heavy atom. The van der Waals surface area contributed by atoms with Gasteiger partial charge in [0.1, 0.15) is 0 Å². The highest BCUT2D eigenvalue weighted by atomic mass is 16.6. The summed E-state index contributed by atoms with van der Waals surface area (Å²) < 4.78 is 10.4. The van der Waals surface area contributed by atoms with E-state index in [1.165, 1.54) is 0 Å². The number of morpholine rings is 1. The van der Waals surface area contributed by atoms with Crippen molar-refractivity contribution in [2.45, 2.75) is 13.3 Å². The number of rotatable bonds is 6. The lowest BCUT2D eigenvalue weighted by atomic mass is 10.2. The topological polar surface area (TPSA) is 74.4 Å². The number of piperazine rings is 1. The van der Waals surface area contributed by atoms with Crippen LogP contribution in [0.15, 0.2) is 24.3 Å². The summed E-state index contributed by atoms with van der Waals surface area (Å²) in [5.74, 6) is 0.111. The third-order valence-electron chi connectivity index (χ3n) is 5.07. The maximum Gasteiger partial charge on any atom is 0.409 e. The van der Waals surface area contributed by atoms with Crippen molar-refractivity contribution in [2.75, 3.05) is 75.9 Å². The van der Waals surface area contributed by atoms with Crippen molar-refractivity contribution in [1.29, 1.82) is 0 Å². The van der Waals surface area contributed by atoms with E-state index in [2.05, 4.69) is 16.3 Å². The van der Waals surface area contributed by atoms with Gasteiger partial charge in [-0.25, -0.2) is 4.79 Å². The summed E-state index contributed by atoms with van der Waals surface area (Å²) in [6.45, 7) is 8.15. The first kappa shape index (κ1) is 20.3. The number of hydrogen-bond donors (Lipinski definition) is 1. The van der Waals surface area contributed by atoms with Crippen molar-refractivity contribution in [3.63, 3.8) is 0 Å². The van der Waals surface area contributed by atoms with Gasteiger partial charge in [0.15, 0.2) is 0 Å². The van der Waals surface area contributed by atoms with Crippen molar-refractivity contribution < 1.29 is 19.1 Å². The first-order valence-electron chi connectivity index (χ1n) is 10.0. The largest absolute Gasteiger partial charge is 0.450 e. The van der Waals surface area contributed by atoms with Crippen LogP contribution in [0.2, 0.25) is 0 Å². The van der Waals surface area contributed by atoms with E-state index in [1.807, 2.05) is 23.1 Å². The molecule has 0 radical (unpaired) electrons. The molecule has 1 aromatic rings. The van der Waals surface area contributed by atoms with E-state index < -0.39 is 0 Å². The van der Waals surface area contributed by atoms with Gasteiger partial charge in [0.25, 0.3) is 0 Å². The standard InChI is InChI=1S/C20H30N4O4/c1-2-28-20(26)24-11-9-23(10-12-24)19(25)7-8-21-17-5-3-4-6-18(17)22-13-15-27-16-14-22/h3-6,21H,2,7-16H2,1H3. The van der Waals surface area contributed by atoms with Crippen LogP contribution in [-0.4, -0.2) is 87.4 Å². The number of hydrogen-bond acceptors (Lipinski definition) is 6. The van der Waals surface area contributed by atoms with Crippen molar-refractivity contribution in [2.24, 2.45) is 0 Å². The number of anilines is 2. The van der Waals surface area contributed by atoms with E-state index in [-0.39, 0.29) is 12.0 Å². The van der Waals surface area contributed by atoms with Gasteiger partial charge in [0, 0.05) is 52.2 Å². The highest BCUT2D eigenvalue weighted by molar-refractivity contribution is 5.78. The van der Waals surface area contributed by atoms with E-state index in [4.69, 9.17) is 9.47 Å². The van der Waals surface area contributed by atoms with Crippen LogP contribution < -0.4 is 10.2 Å². The fourth-order valence-corrected chi connectivity index (χ4v) is 3.52. The zero-order valence-corrected chi connectivity index (χ0v) is 16.6. The molecule has 2 aliphatic heterocycles. The fourth-order valence-electron chi connectivity index (χ4n) is 3.52. The minimum absolute atomic E-state index is 0.111. The van der Waals surface area contributed by atoms with Crippen LogP contribution in [-0.2, 0) is 14.3 Å². The molecule has 8 heteroatoms. The minimum Gasteiger partial charge on any atom is -0.450 e. The molecule has 1 aromatic carbocycles. The Bertz CT molecular complexity index is 655. The van der Waals surface area contributed by atoms with Crippen LogP contribution in [0.25, 0.3) is 0 Å². The van der Waals surface area contributed by atoms with E-state index in [9.17, 15) is 9.59 Å². The number of carbonyl (C=O) groups is 2. The zero-order valence-electron chi connectivity index (χ0n) is 16.6. The van der Waals surface area contributed by atoms with Crippen molar-refractivity contribution in [1.82, 2.24) is 9.80 Å². The SMILES string of the molecule is CCOC(=O)N1CCN(C(=O)CCNc2ccccc2N2CCOCC2)CC1. The smallest absolute Gasteiger partial charge is 0.409 e. The average molecular weight is 390 g/mol. The fraction of sp³-hybridized carbons (Fsp3) is 0.600. The molecule has 2 amide bonds. The molecule has 2 aliphatic rings. The molecule has 0 spiro atoms. The number of amides is 2. The molecular formula is C20H30N4O4. The molecule has 0 atom stereocenters. The summed E-state index contributed by atoms with van der Waals surface area (Å²) in [6.07, 6.45) is 0.132. The predicted molar refractivity (Wildman–Crippen MR) is 108 cm³/mol. The lowest BCUT2D eigenvalue weighted by molar-refractivity contribution is -0.132. The molecule has 0 bridgehead atoms. The Labute approximate surface area is 166 Å². The van der Waals surface area contributed by atoms with Crippen LogP contribution in [0.4, 0.5) is 16.2 Å². The van der Waals surface area contributed by atoms with E-state index in [1.54, 1.807) is 11.8 Å². The Hall–Kier alpha value is -2.48. The van der Waals surface area contributed by atoms with Gasteiger partial charge in [-0.1, -0.05) is 12.1 Å². The second kappa shape index (κ2) is 10.2. The average Bonchev–Trinajstić information content (AvgIpc) is 2.75. The molecule has 3 rings (SSSR count). The van der Waals surface area contributed by atoms with Gasteiger partial charge in [0.05, 0.1) is 31.2 Å². The lowest BCUT2D eigenvalue weighted by Gasteiger charge is -2.34. The highest BCUT2D eigenvalue weighted by Gasteiger charge is 2.24. The van der Waals surface area contributed by atoms with Gasteiger partial charge in [-0.15, -0.1) is 0 Å². The maximum absolute atomic E-state index is 12.5. The molecule has 0 aromatic heterocycles. The molecule has 1 N–H and O–H groups in total. The lowest BCUT2D eigenvalue weighted by Crippen LogP contribution is -2.50. The zero-order chi connectivity index (χ0) is 19.8. The number of benzene rings is 1. The Morgan fingerprint density at radius 2 is 1.71 bits per heavy atom. The summed E-state index contributed by atoms with van der Waals surface area (Å²) in [6, 6.07) is 8.18. The van der Waals surface area contributed by atoms with Crippen molar-refractivity contribution >= 4 is 23.4 Å². The van der Waals surface area contributed by atoms with Gasteiger partial charge >= 0.3 is 6.09 Å². The summed E-state index contributed by atoms with van der Waals surface area (Å²) >= 11 is 0. The first-order chi connectivity index (χ1) is 13.7. The molecule has 0 aliphatic carbocycles. The van der Waals surface area contributed by atoms with E-state index >= 15 is 0 Å². The Morgan fingerprint density at radius 1 is 1.04 bits per heavy atom. The van der Waals surface area contributed by atoms with Gasteiger partial charge < -0.3 is 29.5 Å². The summed E-state index contributed by atoms with van der Waals surface area (Å²) in [4.78, 5) is 30.0. The molecule has 2 heterocycles. The molecular weight excluding hydrogens is 360 g/mol. The van der Waals surface area contributed by atoms with Crippen molar-refractivity contribution in [3.8, 4) is 0 Å². The third-order valence-corrected chi connectivity index (χ3v) is 5.07. The van der Waals surface area contributed by atoms with E-state index in [0.717, 1.165) is 37.7 Å². The van der Waals surface area contributed by atoms with Gasteiger partial charge in [-0.2, -0.15) is 0 Å². The third kappa shape index (κ3) is 5.28. The summed E-state index contributed by atoms with van der Waals surface area (Å²) in [7, 11) is 0. The molecule has 8 nitrogen and oxygen atoms in total. The second-order valence-corrected chi connectivity index (χ2v) is 6.86. The van der Waals surface area contributed by atoms with Crippen molar-refractivity contribution in [3.05, 3.63) is 24.3 Å². The first-order valence-corrected chi connectivity index (χ1v) is 10.0. The van der Waals surface area contributed by atoms with Crippen LogP contribution in [0.5, 0.6) is 0 Å². The van der Waals surface area contributed by atoms with E-state index in [0.29, 0.717) is 45.8 Å². The summed E-state index contributed by atoms with van der Waals surface area (Å²) in [5.41, 5.74) is 2.20. The quantitative estimate of drug-likeness (QED) is 0.796. The van der Waals surface area contributed by atoms with Gasteiger partial charge in [0.2, 0.25) is 5.91 Å². The monoisotopic (exact) mass is 390 g/mol. The number of nitrogens with zero attached hydrogens (tertiary/aromatic N) is 3. The Kier molecular flexibility index (Phi) is 7.36. The van der Waals surface area contributed by atoms with Crippen LogP contribution in [0, 0.1) is 0 Å². The minimum atomic E-state index is -0.295. The maximum atomic E-state index is 12.5. The van der Waals surface area contributed by atoms with Gasteiger partial charge in [-0.05, 0) is 19.1 Å². The van der Waals surface area contributed by atoms with Crippen LogP contribution in [0.1, 0.15) is 13.3 Å². The Balaban J connectivity index is 1.44.